The molecule has 0 aliphatic rings. The quantitative estimate of drug-likeness (QED) is 0.843. The van der Waals surface area contributed by atoms with Gasteiger partial charge in [-0.2, -0.15) is 0 Å². The number of aromatic carboxylic acids is 1. The van der Waals surface area contributed by atoms with Crippen LogP contribution in [0.2, 0.25) is 0 Å². The molecule has 0 amide bonds. The van der Waals surface area contributed by atoms with Crippen LogP contribution >= 0.6 is 11.8 Å². The molecule has 92 valence electrons. The second-order valence-electron chi connectivity index (χ2n) is 4.06. The van der Waals surface area contributed by atoms with E-state index in [0.717, 1.165) is 16.2 Å². The van der Waals surface area contributed by atoms with E-state index in [9.17, 15) is 4.79 Å². The molecule has 0 saturated carbocycles. The van der Waals surface area contributed by atoms with Gasteiger partial charge in [0.15, 0.2) is 0 Å². The van der Waals surface area contributed by atoms with Gasteiger partial charge in [-0.15, -0.1) is 11.8 Å². The average molecular weight is 258 g/mol. The maximum Gasteiger partial charge on any atom is 0.335 e. The van der Waals surface area contributed by atoms with Gasteiger partial charge in [0.2, 0.25) is 0 Å². The Morgan fingerprint density at radius 1 is 1.17 bits per heavy atom. The van der Waals surface area contributed by atoms with Crippen molar-refractivity contribution in [2.45, 2.75) is 17.6 Å². The van der Waals surface area contributed by atoms with Gasteiger partial charge in [0.05, 0.1) is 5.56 Å². The van der Waals surface area contributed by atoms with E-state index in [0.29, 0.717) is 5.56 Å². The summed E-state index contributed by atoms with van der Waals surface area (Å²) in [5.41, 5.74) is 2.69. The van der Waals surface area contributed by atoms with E-state index in [1.807, 2.05) is 31.2 Å². The topological polar surface area (TPSA) is 37.3 Å². The molecule has 2 rings (SSSR count). The molecule has 0 aromatic heterocycles. The number of hydrogen-bond acceptors (Lipinski definition) is 2. The summed E-state index contributed by atoms with van der Waals surface area (Å²) in [5.74, 6) is -0.0262. The molecule has 2 aromatic rings. The van der Waals surface area contributed by atoms with Gasteiger partial charge in [0.1, 0.15) is 0 Å². The highest BCUT2D eigenvalue weighted by molar-refractivity contribution is 7.98. The Morgan fingerprint density at radius 3 is 2.56 bits per heavy atom. The fourth-order valence-corrected chi connectivity index (χ4v) is 2.64. The molecule has 18 heavy (non-hydrogen) atoms. The first-order chi connectivity index (χ1) is 8.66. The first kappa shape index (κ1) is 12.7. The number of aryl methyl sites for hydroxylation is 1. The minimum Gasteiger partial charge on any atom is -0.478 e. The number of hydrogen-bond donors (Lipinski definition) is 1. The van der Waals surface area contributed by atoms with E-state index in [1.54, 1.807) is 23.9 Å². The molecule has 0 aliphatic carbocycles. The van der Waals surface area contributed by atoms with Crippen LogP contribution in [0.1, 0.15) is 21.5 Å². The van der Waals surface area contributed by atoms with Crippen LogP contribution in [0.5, 0.6) is 0 Å². The summed E-state index contributed by atoms with van der Waals surface area (Å²) in [7, 11) is 0. The lowest BCUT2D eigenvalue weighted by Crippen LogP contribution is -1.96. The molecule has 0 saturated heterocycles. The Morgan fingerprint density at radius 2 is 1.89 bits per heavy atom. The van der Waals surface area contributed by atoms with Gasteiger partial charge < -0.3 is 5.11 Å². The predicted molar refractivity (Wildman–Crippen MR) is 74.1 cm³/mol. The zero-order valence-corrected chi connectivity index (χ0v) is 10.9. The molecule has 0 atom stereocenters. The van der Waals surface area contributed by atoms with Crippen molar-refractivity contribution < 1.29 is 9.90 Å². The maximum atomic E-state index is 10.9. The standard InChI is InChI=1S/C15H14O2S/c1-11-7-8-13(15(16)17)9-14(11)18-10-12-5-3-2-4-6-12/h2-9H,10H2,1H3,(H,16,17). The summed E-state index contributed by atoms with van der Waals surface area (Å²) in [6.07, 6.45) is 0. The smallest absolute Gasteiger partial charge is 0.335 e. The fourth-order valence-electron chi connectivity index (χ4n) is 1.62. The number of carboxylic acid groups (broad SMARTS) is 1. The van der Waals surface area contributed by atoms with E-state index in [4.69, 9.17) is 5.11 Å². The average Bonchev–Trinajstić information content (AvgIpc) is 2.38. The Bertz CT molecular complexity index is 550. The van der Waals surface area contributed by atoms with Gasteiger partial charge in [-0.05, 0) is 30.2 Å². The van der Waals surface area contributed by atoms with Crippen LogP contribution in [0, 0.1) is 6.92 Å². The van der Waals surface area contributed by atoms with Crippen LogP contribution in [0.25, 0.3) is 0 Å². The predicted octanol–water partition coefficient (Wildman–Crippen LogP) is 3.99. The van der Waals surface area contributed by atoms with Crippen molar-refractivity contribution >= 4 is 17.7 Å². The van der Waals surface area contributed by atoms with Crippen LogP contribution in [-0.4, -0.2) is 11.1 Å². The van der Waals surface area contributed by atoms with Crippen LogP contribution in [0.3, 0.4) is 0 Å². The minimum absolute atomic E-state index is 0.344. The molecule has 2 nitrogen and oxygen atoms in total. The van der Waals surface area contributed by atoms with Gasteiger partial charge in [-0.25, -0.2) is 4.79 Å². The zero-order chi connectivity index (χ0) is 13.0. The highest BCUT2D eigenvalue weighted by Gasteiger charge is 2.06. The van der Waals surface area contributed by atoms with Crippen molar-refractivity contribution in [1.29, 1.82) is 0 Å². The van der Waals surface area contributed by atoms with Crippen LogP contribution in [0.4, 0.5) is 0 Å². The molecule has 2 aromatic carbocycles. The summed E-state index contributed by atoms with van der Waals surface area (Å²) in [6.45, 7) is 2.00. The van der Waals surface area contributed by atoms with Crippen molar-refractivity contribution in [1.82, 2.24) is 0 Å². The maximum absolute atomic E-state index is 10.9. The Hall–Kier alpha value is -1.74. The van der Waals surface area contributed by atoms with E-state index < -0.39 is 5.97 Å². The van der Waals surface area contributed by atoms with Crippen molar-refractivity contribution in [2.24, 2.45) is 0 Å². The summed E-state index contributed by atoms with van der Waals surface area (Å²) in [6, 6.07) is 15.4. The Kier molecular flexibility index (Phi) is 4.05. The third kappa shape index (κ3) is 3.14. The zero-order valence-electron chi connectivity index (χ0n) is 10.1. The number of carbonyl (C=O) groups is 1. The molecule has 0 heterocycles. The molecule has 1 N–H and O–H groups in total. The van der Waals surface area contributed by atoms with Gasteiger partial charge >= 0.3 is 5.97 Å². The largest absolute Gasteiger partial charge is 0.478 e. The van der Waals surface area contributed by atoms with Crippen LogP contribution in [-0.2, 0) is 5.75 Å². The highest BCUT2D eigenvalue weighted by Crippen LogP contribution is 2.27. The summed E-state index contributed by atoms with van der Waals surface area (Å²) in [4.78, 5) is 12.0. The summed E-state index contributed by atoms with van der Waals surface area (Å²) < 4.78 is 0. The summed E-state index contributed by atoms with van der Waals surface area (Å²) in [5, 5.41) is 8.98. The number of carboxylic acids is 1. The molecule has 0 aliphatic heterocycles. The first-order valence-corrected chi connectivity index (χ1v) is 6.66. The van der Waals surface area contributed by atoms with Gasteiger partial charge in [-0.3, -0.25) is 0 Å². The van der Waals surface area contributed by atoms with Crippen LogP contribution in [0.15, 0.2) is 53.4 Å². The van der Waals surface area contributed by atoms with Crippen molar-refractivity contribution in [3.63, 3.8) is 0 Å². The second kappa shape index (κ2) is 5.74. The Balaban J connectivity index is 2.14. The number of thioether (sulfide) groups is 1. The lowest BCUT2D eigenvalue weighted by molar-refractivity contribution is 0.0696. The van der Waals surface area contributed by atoms with Crippen molar-refractivity contribution in [3.05, 3.63) is 65.2 Å². The number of rotatable bonds is 4. The van der Waals surface area contributed by atoms with Crippen molar-refractivity contribution in [3.8, 4) is 0 Å². The molecular weight excluding hydrogens is 244 g/mol. The van der Waals surface area contributed by atoms with Crippen LogP contribution < -0.4 is 0 Å². The molecule has 0 bridgehead atoms. The molecule has 3 heteroatoms. The van der Waals surface area contributed by atoms with Gasteiger partial charge in [0, 0.05) is 10.6 Å². The van der Waals surface area contributed by atoms with Gasteiger partial charge in [0.25, 0.3) is 0 Å². The van der Waals surface area contributed by atoms with E-state index in [-0.39, 0.29) is 0 Å². The molecular formula is C15H14O2S. The SMILES string of the molecule is Cc1ccc(C(=O)O)cc1SCc1ccccc1. The third-order valence-corrected chi connectivity index (χ3v) is 3.90. The third-order valence-electron chi connectivity index (χ3n) is 2.67. The molecule has 0 fully saturated rings. The normalized spacial score (nSPS) is 10.3. The lowest BCUT2D eigenvalue weighted by Gasteiger charge is -2.07. The summed E-state index contributed by atoms with van der Waals surface area (Å²) >= 11 is 1.67. The molecule has 0 radical (unpaired) electrons. The highest BCUT2D eigenvalue weighted by atomic mass is 32.2. The monoisotopic (exact) mass is 258 g/mol. The fraction of sp³-hybridized carbons (Fsp3) is 0.133. The second-order valence-corrected chi connectivity index (χ2v) is 5.08. The van der Waals surface area contributed by atoms with E-state index in [2.05, 4.69) is 12.1 Å². The van der Waals surface area contributed by atoms with Crippen molar-refractivity contribution in [2.75, 3.05) is 0 Å². The molecule has 0 unspecified atom stereocenters. The lowest BCUT2D eigenvalue weighted by atomic mass is 10.1. The van der Waals surface area contributed by atoms with E-state index in [1.165, 1.54) is 5.56 Å². The number of benzene rings is 2. The van der Waals surface area contributed by atoms with E-state index >= 15 is 0 Å². The molecule has 0 spiro atoms. The Labute approximate surface area is 111 Å². The first-order valence-electron chi connectivity index (χ1n) is 5.67. The minimum atomic E-state index is -0.878. The van der Waals surface area contributed by atoms with Gasteiger partial charge in [-0.1, -0.05) is 36.4 Å².